The van der Waals surface area contributed by atoms with Gasteiger partial charge in [-0.05, 0) is 31.4 Å². The SMILES string of the molecule is O=C(c1ccccc1NCC(F)(F)F)N1CCC2(CCC2)S(=O)(=O)CC1. The number of sulfone groups is 1. The number of benzene rings is 1. The van der Waals surface area contributed by atoms with Crippen LogP contribution in [0, 0.1) is 0 Å². The summed E-state index contributed by atoms with van der Waals surface area (Å²) in [5.74, 6) is -0.543. The van der Waals surface area contributed by atoms with Crippen molar-refractivity contribution in [2.24, 2.45) is 0 Å². The van der Waals surface area contributed by atoms with Gasteiger partial charge in [-0.3, -0.25) is 4.79 Å². The topological polar surface area (TPSA) is 66.5 Å². The number of nitrogens with zero attached hydrogens (tertiary/aromatic N) is 1. The minimum Gasteiger partial charge on any atom is -0.376 e. The summed E-state index contributed by atoms with van der Waals surface area (Å²) in [5.41, 5.74) is 0.221. The van der Waals surface area contributed by atoms with E-state index in [2.05, 4.69) is 5.32 Å². The Morgan fingerprint density at radius 3 is 2.46 bits per heavy atom. The molecule has 1 aliphatic heterocycles. The molecule has 0 bridgehead atoms. The van der Waals surface area contributed by atoms with Crippen LogP contribution in [0.5, 0.6) is 0 Å². The molecule has 1 amide bonds. The molecule has 1 saturated carbocycles. The van der Waals surface area contributed by atoms with Crippen LogP contribution in [0.1, 0.15) is 36.0 Å². The lowest BCUT2D eigenvalue weighted by molar-refractivity contribution is -0.115. The third kappa shape index (κ3) is 3.67. The van der Waals surface area contributed by atoms with Crippen LogP contribution in [0.3, 0.4) is 0 Å². The Hall–Kier alpha value is -1.77. The molecule has 2 fully saturated rings. The maximum Gasteiger partial charge on any atom is 0.405 e. The Bertz CT molecular complexity index is 789. The zero-order valence-electron chi connectivity index (χ0n) is 14.2. The first-order chi connectivity index (χ1) is 12.1. The molecular weight excluding hydrogens is 369 g/mol. The summed E-state index contributed by atoms with van der Waals surface area (Å²) in [7, 11) is -3.27. The fourth-order valence-electron chi connectivity index (χ4n) is 3.58. The fourth-order valence-corrected chi connectivity index (χ4v) is 5.78. The first kappa shape index (κ1) is 19.0. The highest BCUT2D eigenvalue weighted by Gasteiger charge is 2.50. The van der Waals surface area contributed by atoms with E-state index in [4.69, 9.17) is 0 Å². The van der Waals surface area contributed by atoms with Crippen molar-refractivity contribution in [3.8, 4) is 0 Å². The predicted molar refractivity (Wildman–Crippen MR) is 91.9 cm³/mol. The van der Waals surface area contributed by atoms with E-state index in [0.29, 0.717) is 25.8 Å². The normalized spacial score (nSPS) is 21.7. The second-order valence-electron chi connectivity index (χ2n) is 6.91. The number of para-hydroxylation sites is 1. The van der Waals surface area contributed by atoms with Gasteiger partial charge >= 0.3 is 6.18 Å². The lowest BCUT2D eigenvalue weighted by Gasteiger charge is -2.39. The van der Waals surface area contributed by atoms with E-state index in [1.54, 1.807) is 12.1 Å². The van der Waals surface area contributed by atoms with E-state index < -0.39 is 33.2 Å². The monoisotopic (exact) mass is 390 g/mol. The Kier molecular flexibility index (Phi) is 4.94. The Morgan fingerprint density at radius 1 is 1.15 bits per heavy atom. The van der Waals surface area contributed by atoms with E-state index >= 15 is 0 Å². The average molecular weight is 390 g/mol. The maximum absolute atomic E-state index is 12.8. The molecule has 9 heteroatoms. The largest absolute Gasteiger partial charge is 0.405 e. The number of hydrogen-bond donors (Lipinski definition) is 1. The molecule has 1 N–H and O–H groups in total. The molecule has 0 radical (unpaired) electrons. The molecule has 1 aromatic carbocycles. The molecule has 1 saturated heterocycles. The number of carbonyl (C=O) groups is 1. The molecule has 0 atom stereocenters. The average Bonchev–Trinajstić information content (AvgIpc) is 2.67. The standard InChI is InChI=1S/C17H21F3N2O3S/c18-17(19,20)12-21-14-5-2-1-4-13(14)15(23)22-9-8-16(6-3-7-16)26(24,25)11-10-22/h1-2,4-5,21H,3,6-12H2. The van der Waals surface area contributed by atoms with Crippen LogP contribution in [0.4, 0.5) is 18.9 Å². The van der Waals surface area contributed by atoms with Crippen molar-refractivity contribution < 1.29 is 26.4 Å². The van der Waals surface area contributed by atoms with Crippen LogP contribution in [0.15, 0.2) is 24.3 Å². The molecule has 2 aliphatic rings. The van der Waals surface area contributed by atoms with Crippen LogP contribution in [0.25, 0.3) is 0 Å². The Balaban J connectivity index is 1.78. The summed E-state index contributed by atoms with van der Waals surface area (Å²) in [6, 6.07) is 6.00. The van der Waals surface area contributed by atoms with Gasteiger partial charge in [-0.2, -0.15) is 13.2 Å². The number of alkyl halides is 3. The first-order valence-electron chi connectivity index (χ1n) is 8.55. The number of carbonyl (C=O) groups excluding carboxylic acids is 1. The highest BCUT2D eigenvalue weighted by Crippen LogP contribution is 2.44. The third-order valence-corrected chi connectivity index (χ3v) is 7.97. The molecular formula is C17H21F3N2O3S. The van der Waals surface area contributed by atoms with Gasteiger partial charge < -0.3 is 10.2 Å². The molecule has 26 heavy (non-hydrogen) atoms. The molecule has 0 aromatic heterocycles. The van der Waals surface area contributed by atoms with Crippen molar-refractivity contribution in [2.75, 3.05) is 30.7 Å². The van der Waals surface area contributed by atoms with Crippen molar-refractivity contribution in [2.45, 2.75) is 36.6 Å². The lowest BCUT2D eigenvalue weighted by atomic mass is 9.81. The molecule has 0 unspecified atom stereocenters. The van der Waals surface area contributed by atoms with Gasteiger partial charge in [0.15, 0.2) is 9.84 Å². The van der Waals surface area contributed by atoms with Crippen LogP contribution in [0.2, 0.25) is 0 Å². The molecule has 1 aliphatic carbocycles. The quantitative estimate of drug-likeness (QED) is 0.862. The summed E-state index contributed by atoms with van der Waals surface area (Å²) in [5, 5.41) is 2.25. The van der Waals surface area contributed by atoms with Crippen molar-refractivity contribution in [1.29, 1.82) is 0 Å². The van der Waals surface area contributed by atoms with Gasteiger partial charge in [0.05, 0.1) is 16.1 Å². The molecule has 1 spiro atoms. The van der Waals surface area contributed by atoms with E-state index in [1.807, 2.05) is 0 Å². The van der Waals surface area contributed by atoms with E-state index in [0.717, 1.165) is 6.42 Å². The van der Waals surface area contributed by atoms with Gasteiger partial charge in [0, 0.05) is 18.8 Å². The van der Waals surface area contributed by atoms with Crippen molar-refractivity contribution >= 4 is 21.4 Å². The third-order valence-electron chi connectivity index (χ3n) is 5.32. The maximum atomic E-state index is 12.8. The molecule has 144 valence electrons. The van der Waals surface area contributed by atoms with Gasteiger partial charge in [0.25, 0.3) is 5.91 Å². The summed E-state index contributed by atoms with van der Waals surface area (Å²) >= 11 is 0. The molecule has 1 aromatic rings. The highest BCUT2D eigenvalue weighted by atomic mass is 32.2. The predicted octanol–water partition coefficient (Wildman–Crippen LogP) is 2.84. The zero-order chi connectivity index (χ0) is 19.0. The van der Waals surface area contributed by atoms with Crippen molar-refractivity contribution in [1.82, 2.24) is 4.90 Å². The number of rotatable bonds is 3. The van der Waals surface area contributed by atoms with Crippen LogP contribution in [-0.4, -0.2) is 55.5 Å². The Labute approximate surface area is 150 Å². The number of nitrogens with one attached hydrogen (secondary N) is 1. The van der Waals surface area contributed by atoms with E-state index in [-0.39, 0.29) is 23.5 Å². The summed E-state index contributed by atoms with van der Waals surface area (Å²) < 4.78 is 61.7. The fraction of sp³-hybridized carbons (Fsp3) is 0.588. The van der Waals surface area contributed by atoms with E-state index in [9.17, 15) is 26.4 Å². The van der Waals surface area contributed by atoms with E-state index in [1.165, 1.54) is 17.0 Å². The van der Waals surface area contributed by atoms with Gasteiger partial charge in [-0.15, -0.1) is 0 Å². The number of amides is 1. The van der Waals surface area contributed by atoms with Crippen LogP contribution >= 0.6 is 0 Å². The van der Waals surface area contributed by atoms with Gasteiger partial charge in [0.2, 0.25) is 0 Å². The summed E-state index contributed by atoms with van der Waals surface area (Å²) in [4.78, 5) is 14.3. The molecule has 1 heterocycles. The second-order valence-corrected chi connectivity index (χ2v) is 9.42. The van der Waals surface area contributed by atoms with Crippen molar-refractivity contribution in [3.63, 3.8) is 0 Å². The summed E-state index contributed by atoms with van der Waals surface area (Å²) in [6.45, 7) is -0.878. The minimum absolute atomic E-state index is 0.0660. The van der Waals surface area contributed by atoms with Gasteiger partial charge in [-0.1, -0.05) is 18.6 Å². The smallest absolute Gasteiger partial charge is 0.376 e. The highest BCUT2D eigenvalue weighted by molar-refractivity contribution is 7.92. The van der Waals surface area contributed by atoms with Crippen LogP contribution in [-0.2, 0) is 9.84 Å². The zero-order valence-corrected chi connectivity index (χ0v) is 15.0. The molecule has 3 rings (SSSR count). The Morgan fingerprint density at radius 2 is 1.85 bits per heavy atom. The minimum atomic E-state index is -4.40. The van der Waals surface area contributed by atoms with Crippen LogP contribution < -0.4 is 5.32 Å². The number of hydrogen-bond acceptors (Lipinski definition) is 4. The van der Waals surface area contributed by atoms with Gasteiger partial charge in [-0.25, -0.2) is 8.42 Å². The van der Waals surface area contributed by atoms with Crippen molar-refractivity contribution in [3.05, 3.63) is 29.8 Å². The second kappa shape index (κ2) is 6.75. The lowest BCUT2D eigenvalue weighted by Crippen LogP contribution is -2.46. The summed E-state index contributed by atoms with van der Waals surface area (Å²) in [6.07, 6.45) is -1.89. The number of halogens is 3. The van der Waals surface area contributed by atoms with Gasteiger partial charge in [0.1, 0.15) is 6.54 Å². The number of anilines is 1. The molecule has 5 nitrogen and oxygen atoms in total. The first-order valence-corrected chi connectivity index (χ1v) is 10.2.